The monoisotopic (exact) mass is 516 g/mol. The number of aromatic nitrogens is 1. The van der Waals surface area contributed by atoms with E-state index in [1.165, 1.54) is 65.8 Å². The predicted molar refractivity (Wildman–Crippen MR) is 166 cm³/mol. The molecule has 200 valence electrons. The molecule has 0 atom stereocenters. The van der Waals surface area contributed by atoms with Crippen molar-refractivity contribution in [2.45, 2.75) is 73.6 Å². The van der Waals surface area contributed by atoms with Crippen molar-refractivity contribution < 1.29 is 9.30 Å². The number of nitrogens with zero attached hydrogens (tertiary/aromatic N) is 1. The van der Waals surface area contributed by atoms with Gasteiger partial charge in [-0.15, -0.1) is 0 Å². The fraction of sp³-hybridized carbons (Fsp3) is 0.378. The number of aryl methyl sites for hydroxylation is 2. The first-order valence-electron chi connectivity index (χ1n) is 14.6. The molecule has 0 spiro atoms. The Morgan fingerprint density at radius 2 is 1.54 bits per heavy atom. The Balaban J connectivity index is 1.73. The van der Waals surface area contributed by atoms with Crippen molar-refractivity contribution in [2.24, 2.45) is 18.9 Å². The van der Waals surface area contributed by atoms with Gasteiger partial charge in [-0.05, 0) is 87.4 Å². The van der Waals surface area contributed by atoms with Gasteiger partial charge >= 0.3 is 0 Å². The van der Waals surface area contributed by atoms with Gasteiger partial charge in [0.1, 0.15) is 18.5 Å². The molecule has 0 fully saturated rings. The standard InChI is InChI=1S/C37H42NO/c1-21(2)16-24-10-13-27-29(18-24)23(5)33-35-34-28(14-15-38(35)9)30-20-26(37(6,7)8)12-11-25(30)19-32(34)39-36(33)31(27)17-22(3)4/h10-15,18-22H,16-17H2,1-9H3/q+1. The maximum absolute atomic E-state index is 7.01. The first kappa shape index (κ1) is 25.9. The molecule has 39 heavy (non-hydrogen) atoms. The summed E-state index contributed by atoms with van der Waals surface area (Å²) in [7, 11) is 2.18. The molecule has 1 aliphatic rings. The molecule has 5 aromatic rings. The first-order valence-corrected chi connectivity index (χ1v) is 14.6. The molecule has 0 bridgehead atoms. The van der Waals surface area contributed by atoms with Gasteiger partial charge in [-0.1, -0.05) is 78.8 Å². The third-order valence-corrected chi connectivity index (χ3v) is 8.46. The van der Waals surface area contributed by atoms with Crippen molar-refractivity contribution >= 4 is 32.3 Å². The largest absolute Gasteiger partial charge is 0.455 e. The summed E-state index contributed by atoms with van der Waals surface area (Å²) in [5.74, 6) is 3.17. The van der Waals surface area contributed by atoms with Crippen molar-refractivity contribution in [3.05, 3.63) is 77.0 Å². The van der Waals surface area contributed by atoms with Gasteiger partial charge in [0.25, 0.3) is 0 Å². The minimum Gasteiger partial charge on any atom is -0.455 e. The van der Waals surface area contributed by atoms with E-state index in [9.17, 15) is 0 Å². The minimum absolute atomic E-state index is 0.0938. The Labute approximate surface area is 233 Å². The molecular formula is C37H42NO+. The molecule has 0 saturated carbocycles. The van der Waals surface area contributed by atoms with E-state index in [-0.39, 0.29) is 5.41 Å². The molecule has 0 aliphatic carbocycles. The van der Waals surface area contributed by atoms with E-state index in [4.69, 9.17) is 4.74 Å². The van der Waals surface area contributed by atoms with Crippen LogP contribution in [0.4, 0.5) is 0 Å². The van der Waals surface area contributed by atoms with Crippen LogP contribution >= 0.6 is 0 Å². The molecular weight excluding hydrogens is 474 g/mol. The fourth-order valence-corrected chi connectivity index (χ4v) is 6.56. The Hall–Kier alpha value is -3.39. The van der Waals surface area contributed by atoms with E-state index in [1.807, 2.05) is 0 Å². The minimum atomic E-state index is 0.0938. The number of hydrogen-bond acceptors (Lipinski definition) is 1. The third kappa shape index (κ3) is 4.20. The van der Waals surface area contributed by atoms with E-state index in [0.29, 0.717) is 11.8 Å². The van der Waals surface area contributed by atoms with Crippen LogP contribution in [0.15, 0.2) is 54.7 Å². The first-order chi connectivity index (χ1) is 18.4. The number of ether oxygens (including phenoxy) is 1. The molecule has 4 aromatic carbocycles. The Kier molecular flexibility index (Phi) is 6.02. The summed E-state index contributed by atoms with van der Waals surface area (Å²) in [6.45, 7) is 18.4. The number of hydrogen-bond donors (Lipinski definition) is 0. The Morgan fingerprint density at radius 1 is 0.795 bits per heavy atom. The third-order valence-electron chi connectivity index (χ3n) is 8.46. The summed E-state index contributed by atoms with van der Waals surface area (Å²) >= 11 is 0. The SMILES string of the molecule is Cc1c2c(c(CC(C)C)c3ccc(CC(C)C)cc13)Oc1cc3ccc(C(C)(C)C)cc3c3cc[n+](C)c-2c13. The second-order valence-electron chi connectivity index (χ2n) is 13.6. The molecule has 0 amide bonds. The summed E-state index contributed by atoms with van der Waals surface area (Å²) in [5.41, 5.74) is 8.04. The fourth-order valence-electron chi connectivity index (χ4n) is 6.56. The quantitative estimate of drug-likeness (QED) is 0.168. The zero-order chi connectivity index (χ0) is 27.8. The lowest BCUT2D eigenvalue weighted by Crippen LogP contribution is -2.32. The van der Waals surface area contributed by atoms with Crippen LogP contribution in [0, 0.1) is 18.8 Å². The Bertz CT molecular complexity index is 1780. The van der Waals surface area contributed by atoms with E-state index >= 15 is 0 Å². The topological polar surface area (TPSA) is 13.1 Å². The van der Waals surface area contributed by atoms with Gasteiger partial charge in [-0.25, -0.2) is 4.57 Å². The zero-order valence-electron chi connectivity index (χ0n) is 25.1. The summed E-state index contributed by atoms with van der Waals surface area (Å²) < 4.78 is 9.32. The lowest BCUT2D eigenvalue weighted by Gasteiger charge is -2.27. The summed E-state index contributed by atoms with van der Waals surface area (Å²) in [4.78, 5) is 0. The van der Waals surface area contributed by atoms with Gasteiger partial charge in [0.2, 0.25) is 5.69 Å². The van der Waals surface area contributed by atoms with Crippen molar-refractivity contribution in [1.82, 2.24) is 0 Å². The van der Waals surface area contributed by atoms with Crippen LogP contribution in [0.2, 0.25) is 0 Å². The smallest absolute Gasteiger partial charge is 0.228 e. The maximum Gasteiger partial charge on any atom is 0.228 e. The molecule has 0 radical (unpaired) electrons. The van der Waals surface area contributed by atoms with Gasteiger partial charge in [0.05, 0.1) is 10.9 Å². The molecule has 1 aliphatic heterocycles. The van der Waals surface area contributed by atoms with Crippen molar-refractivity contribution in [3.63, 3.8) is 0 Å². The van der Waals surface area contributed by atoms with Gasteiger partial charge in [-0.2, -0.15) is 0 Å². The highest BCUT2D eigenvalue weighted by atomic mass is 16.5. The predicted octanol–water partition coefficient (Wildman–Crippen LogP) is 9.75. The lowest BCUT2D eigenvalue weighted by molar-refractivity contribution is -0.659. The van der Waals surface area contributed by atoms with Crippen LogP contribution in [0.25, 0.3) is 43.6 Å². The van der Waals surface area contributed by atoms with Gasteiger partial charge in [0.15, 0.2) is 6.20 Å². The number of fused-ring (bicyclic) bond motifs is 5. The lowest BCUT2D eigenvalue weighted by atomic mass is 9.83. The van der Waals surface area contributed by atoms with Crippen LogP contribution in [0.1, 0.15) is 70.7 Å². The molecule has 2 heterocycles. The van der Waals surface area contributed by atoms with Crippen molar-refractivity contribution in [2.75, 3.05) is 0 Å². The van der Waals surface area contributed by atoms with Gasteiger partial charge < -0.3 is 4.74 Å². The van der Waals surface area contributed by atoms with Crippen LogP contribution in [0.5, 0.6) is 11.5 Å². The van der Waals surface area contributed by atoms with E-state index in [1.54, 1.807) is 0 Å². The van der Waals surface area contributed by atoms with Gasteiger partial charge in [-0.3, -0.25) is 0 Å². The molecule has 2 nitrogen and oxygen atoms in total. The molecule has 1 aromatic heterocycles. The number of rotatable bonds is 4. The molecule has 0 N–H and O–H groups in total. The van der Waals surface area contributed by atoms with E-state index in [2.05, 4.69) is 122 Å². The molecule has 0 unspecified atom stereocenters. The number of benzene rings is 4. The highest BCUT2D eigenvalue weighted by Crippen LogP contribution is 2.52. The summed E-state index contributed by atoms with van der Waals surface area (Å²) in [5, 5.41) is 7.72. The normalized spacial score (nSPS) is 13.1. The summed E-state index contributed by atoms with van der Waals surface area (Å²) in [6.07, 6.45) is 4.32. The second kappa shape index (κ2) is 9.08. The van der Waals surface area contributed by atoms with Crippen LogP contribution in [-0.2, 0) is 25.3 Å². The molecule has 6 rings (SSSR count). The van der Waals surface area contributed by atoms with Crippen molar-refractivity contribution in [3.8, 4) is 22.8 Å². The molecule has 0 saturated heterocycles. The molecule has 2 heteroatoms. The summed E-state index contributed by atoms with van der Waals surface area (Å²) in [6, 6.07) is 18.6. The van der Waals surface area contributed by atoms with Crippen molar-refractivity contribution in [1.29, 1.82) is 0 Å². The highest BCUT2D eigenvalue weighted by Gasteiger charge is 2.33. The number of pyridine rings is 1. The van der Waals surface area contributed by atoms with E-state index < -0.39 is 0 Å². The second-order valence-corrected chi connectivity index (χ2v) is 13.6. The average Bonchev–Trinajstić information content (AvgIpc) is 2.86. The van der Waals surface area contributed by atoms with Gasteiger partial charge in [0, 0.05) is 17.0 Å². The highest BCUT2D eigenvalue weighted by molar-refractivity contribution is 6.16. The van der Waals surface area contributed by atoms with Crippen LogP contribution in [0.3, 0.4) is 0 Å². The van der Waals surface area contributed by atoms with Crippen LogP contribution < -0.4 is 9.30 Å². The average molecular weight is 517 g/mol. The maximum atomic E-state index is 7.01. The van der Waals surface area contributed by atoms with Crippen LogP contribution in [-0.4, -0.2) is 0 Å². The van der Waals surface area contributed by atoms with E-state index in [0.717, 1.165) is 24.3 Å². The zero-order valence-corrected chi connectivity index (χ0v) is 25.1. The Morgan fingerprint density at radius 3 is 2.23 bits per heavy atom.